The van der Waals surface area contributed by atoms with Crippen LogP contribution in [-0.2, 0) is 11.2 Å². The molecule has 4 heteroatoms. The molecule has 1 atom stereocenters. The van der Waals surface area contributed by atoms with Crippen molar-refractivity contribution < 1.29 is 4.74 Å². The third-order valence-corrected chi connectivity index (χ3v) is 3.23. The molecular weight excluding hydrogens is 226 g/mol. The predicted octanol–water partition coefficient (Wildman–Crippen LogP) is 2.34. The van der Waals surface area contributed by atoms with E-state index in [1.807, 2.05) is 7.05 Å². The average Bonchev–Trinajstić information content (AvgIpc) is 2.34. The number of ether oxygens (including phenoxy) is 1. The fraction of sp³-hybridized carbons (Fsp3) is 0.714. The van der Waals surface area contributed by atoms with Crippen LogP contribution in [0.2, 0.25) is 0 Å². The summed E-state index contributed by atoms with van der Waals surface area (Å²) in [5.74, 6) is 0.812. The highest BCUT2D eigenvalue weighted by Crippen LogP contribution is 2.20. The molecule has 0 aliphatic carbocycles. The van der Waals surface area contributed by atoms with Crippen molar-refractivity contribution >= 4 is 0 Å². The van der Waals surface area contributed by atoms with Crippen LogP contribution in [0.3, 0.4) is 0 Å². The number of hydrogen-bond donors (Lipinski definition) is 1. The molecule has 1 aromatic rings. The van der Waals surface area contributed by atoms with Crippen molar-refractivity contribution in [1.82, 2.24) is 15.3 Å². The smallest absolute Gasteiger partial charge is 0.157 e. The number of nitrogens with one attached hydrogen (secondary N) is 1. The summed E-state index contributed by atoms with van der Waals surface area (Å²) in [5.41, 5.74) is 3.45. The van der Waals surface area contributed by atoms with Gasteiger partial charge in [-0.15, -0.1) is 0 Å². The molecule has 102 valence electrons. The van der Waals surface area contributed by atoms with E-state index in [2.05, 4.69) is 36.1 Å². The normalized spacial score (nSPS) is 12.7. The first-order valence-corrected chi connectivity index (χ1v) is 6.65. The van der Waals surface area contributed by atoms with Gasteiger partial charge in [-0.2, -0.15) is 0 Å². The predicted molar refractivity (Wildman–Crippen MR) is 73.8 cm³/mol. The van der Waals surface area contributed by atoms with Crippen LogP contribution in [0, 0.1) is 13.8 Å². The topological polar surface area (TPSA) is 47.0 Å². The van der Waals surface area contributed by atoms with Gasteiger partial charge in [-0.05, 0) is 52.3 Å². The van der Waals surface area contributed by atoms with Gasteiger partial charge in [0.2, 0.25) is 0 Å². The zero-order chi connectivity index (χ0) is 13.5. The van der Waals surface area contributed by atoms with Crippen molar-refractivity contribution in [2.24, 2.45) is 0 Å². The van der Waals surface area contributed by atoms with Gasteiger partial charge in [-0.3, -0.25) is 0 Å². The molecule has 0 aliphatic heterocycles. The van der Waals surface area contributed by atoms with E-state index in [1.54, 1.807) is 7.11 Å². The highest BCUT2D eigenvalue weighted by Gasteiger charge is 2.15. The second-order valence-corrected chi connectivity index (χ2v) is 4.57. The van der Waals surface area contributed by atoms with Crippen LogP contribution in [0.15, 0.2) is 0 Å². The van der Waals surface area contributed by atoms with E-state index in [0.717, 1.165) is 43.0 Å². The molecule has 0 aromatic carbocycles. The van der Waals surface area contributed by atoms with Crippen LogP contribution in [0.25, 0.3) is 0 Å². The lowest BCUT2D eigenvalue weighted by molar-refractivity contribution is 0.0922. The minimum atomic E-state index is 0.00811. The number of nitrogens with zero attached hydrogens (tertiary/aromatic N) is 2. The summed E-state index contributed by atoms with van der Waals surface area (Å²) in [5, 5.41) is 3.16. The minimum Gasteiger partial charge on any atom is -0.373 e. The fourth-order valence-corrected chi connectivity index (χ4v) is 2.17. The number of methoxy groups -OCH3 is 1. The summed E-state index contributed by atoms with van der Waals surface area (Å²) in [7, 11) is 3.69. The fourth-order valence-electron chi connectivity index (χ4n) is 2.17. The van der Waals surface area contributed by atoms with Gasteiger partial charge in [-0.1, -0.05) is 6.92 Å². The lowest BCUT2D eigenvalue weighted by Gasteiger charge is -2.15. The molecule has 1 heterocycles. The molecule has 0 saturated heterocycles. The molecule has 0 bridgehead atoms. The lowest BCUT2D eigenvalue weighted by atomic mass is 10.1. The summed E-state index contributed by atoms with van der Waals surface area (Å²) in [6, 6.07) is 0. The minimum absolute atomic E-state index is 0.00811. The van der Waals surface area contributed by atoms with Crippen LogP contribution in [-0.4, -0.2) is 30.7 Å². The Kier molecular flexibility index (Phi) is 6.22. The first-order valence-electron chi connectivity index (χ1n) is 6.65. The van der Waals surface area contributed by atoms with Crippen LogP contribution in [0.5, 0.6) is 0 Å². The molecule has 4 nitrogen and oxygen atoms in total. The van der Waals surface area contributed by atoms with E-state index in [4.69, 9.17) is 4.74 Å². The SMILES string of the molecule is CCC(OC)c1nc(C)c(CCCNC)c(C)n1. The summed E-state index contributed by atoms with van der Waals surface area (Å²) in [6.45, 7) is 7.24. The largest absolute Gasteiger partial charge is 0.373 e. The maximum Gasteiger partial charge on any atom is 0.157 e. The van der Waals surface area contributed by atoms with Crippen molar-refractivity contribution in [3.63, 3.8) is 0 Å². The van der Waals surface area contributed by atoms with Gasteiger partial charge in [-0.25, -0.2) is 9.97 Å². The molecule has 0 spiro atoms. The van der Waals surface area contributed by atoms with Crippen molar-refractivity contribution in [2.45, 2.75) is 46.1 Å². The van der Waals surface area contributed by atoms with Gasteiger partial charge >= 0.3 is 0 Å². The Labute approximate surface area is 110 Å². The van der Waals surface area contributed by atoms with Crippen molar-refractivity contribution in [1.29, 1.82) is 0 Å². The summed E-state index contributed by atoms with van der Waals surface area (Å²) >= 11 is 0. The molecule has 0 aliphatic rings. The first-order chi connectivity index (χ1) is 8.63. The van der Waals surface area contributed by atoms with Crippen LogP contribution < -0.4 is 5.32 Å². The van der Waals surface area contributed by atoms with Crippen LogP contribution >= 0.6 is 0 Å². The van der Waals surface area contributed by atoms with Crippen molar-refractivity contribution in [2.75, 3.05) is 20.7 Å². The van der Waals surface area contributed by atoms with Gasteiger partial charge < -0.3 is 10.1 Å². The molecule has 0 radical (unpaired) electrons. The molecule has 1 unspecified atom stereocenters. The monoisotopic (exact) mass is 251 g/mol. The highest BCUT2D eigenvalue weighted by atomic mass is 16.5. The number of hydrogen-bond acceptors (Lipinski definition) is 4. The third kappa shape index (κ3) is 3.75. The standard InChI is InChI=1S/C14H25N3O/c1-6-13(18-5)14-16-10(2)12(11(3)17-14)8-7-9-15-4/h13,15H,6-9H2,1-5H3. The van der Waals surface area contributed by atoms with Crippen molar-refractivity contribution in [3.05, 3.63) is 22.8 Å². The summed E-state index contributed by atoms with van der Waals surface area (Å²) in [6.07, 6.45) is 3.05. The number of aryl methyl sites for hydroxylation is 2. The second kappa shape index (κ2) is 7.44. The van der Waals surface area contributed by atoms with Gasteiger partial charge in [0.05, 0.1) is 0 Å². The Bertz CT molecular complexity index is 352. The van der Waals surface area contributed by atoms with E-state index < -0.39 is 0 Å². The van der Waals surface area contributed by atoms with Crippen LogP contribution in [0.1, 0.15) is 48.6 Å². The van der Waals surface area contributed by atoms with Crippen LogP contribution in [0.4, 0.5) is 0 Å². The Balaban J connectivity index is 2.89. The maximum absolute atomic E-state index is 5.40. The Morgan fingerprint density at radius 1 is 1.22 bits per heavy atom. The van der Waals surface area contributed by atoms with Gasteiger partial charge in [0.15, 0.2) is 5.82 Å². The van der Waals surface area contributed by atoms with E-state index in [-0.39, 0.29) is 6.10 Å². The number of aromatic nitrogens is 2. The Morgan fingerprint density at radius 2 is 1.83 bits per heavy atom. The average molecular weight is 251 g/mol. The Morgan fingerprint density at radius 3 is 2.28 bits per heavy atom. The quantitative estimate of drug-likeness (QED) is 0.756. The molecule has 0 amide bonds. The maximum atomic E-state index is 5.40. The Hall–Kier alpha value is -1.00. The first kappa shape index (κ1) is 15.1. The molecule has 0 saturated carbocycles. The molecule has 1 aromatic heterocycles. The molecule has 1 rings (SSSR count). The lowest BCUT2D eigenvalue weighted by Crippen LogP contribution is -2.13. The summed E-state index contributed by atoms with van der Waals surface area (Å²) in [4.78, 5) is 9.20. The zero-order valence-corrected chi connectivity index (χ0v) is 12.2. The van der Waals surface area contributed by atoms with E-state index in [0.29, 0.717) is 0 Å². The highest BCUT2D eigenvalue weighted by molar-refractivity contribution is 5.25. The van der Waals surface area contributed by atoms with E-state index >= 15 is 0 Å². The molecule has 1 N–H and O–H groups in total. The third-order valence-electron chi connectivity index (χ3n) is 3.23. The number of rotatable bonds is 7. The van der Waals surface area contributed by atoms with Crippen molar-refractivity contribution in [3.8, 4) is 0 Å². The van der Waals surface area contributed by atoms with Gasteiger partial charge in [0.25, 0.3) is 0 Å². The van der Waals surface area contributed by atoms with E-state index in [9.17, 15) is 0 Å². The second-order valence-electron chi connectivity index (χ2n) is 4.57. The van der Waals surface area contributed by atoms with Gasteiger partial charge in [0, 0.05) is 18.5 Å². The molecule has 18 heavy (non-hydrogen) atoms. The molecule has 0 fully saturated rings. The van der Waals surface area contributed by atoms with Gasteiger partial charge in [0.1, 0.15) is 6.10 Å². The van der Waals surface area contributed by atoms with E-state index in [1.165, 1.54) is 5.56 Å². The molecular formula is C14H25N3O. The summed E-state index contributed by atoms with van der Waals surface area (Å²) < 4.78 is 5.40. The zero-order valence-electron chi connectivity index (χ0n) is 12.2.